The minimum absolute atomic E-state index is 0.00803. The number of hydrogen-bond donors (Lipinski definition) is 1. The maximum absolute atomic E-state index is 11.3. The molecule has 0 saturated carbocycles. The molecule has 78 valence electrons. The van der Waals surface area contributed by atoms with Gasteiger partial charge in [-0.3, -0.25) is 9.59 Å². The van der Waals surface area contributed by atoms with Gasteiger partial charge in [-0.15, -0.1) is 0 Å². The highest BCUT2D eigenvalue weighted by Gasteiger charge is 2.17. The van der Waals surface area contributed by atoms with Crippen LogP contribution < -0.4 is 5.32 Å². The van der Waals surface area contributed by atoms with Gasteiger partial charge in [-0.2, -0.15) is 0 Å². The molecule has 0 radical (unpaired) electrons. The Labute approximate surface area is 84.6 Å². The zero-order valence-corrected chi connectivity index (χ0v) is 8.80. The highest BCUT2D eigenvalue weighted by molar-refractivity contribution is 5.95. The van der Waals surface area contributed by atoms with E-state index >= 15 is 0 Å². The molecular formula is C11H17NO2. The standard InChI is InChI=1S/C11H17NO2/c1-3-11(14)9-4-6-10(7-5-9)12-8(2)13/h4,10H,3,5-7H2,1-2H3,(H,12,13)/t10-/m0/s1. The smallest absolute Gasteiger partial charge is 0.217 e. The van der Waals surface area contributed by atoms with Crippen molar-refractivity contribution in [1.82, 2.24) is 5.32 Å². The summed E-state index contributed by atoms with van der Waals surface area (Å²) in [6.45, 7) is 3.40. The summed E-state index contributed by atoms with van der Waals surface area (Å²) in [5.41, 5.74) is 0.939. The Morgan fingerprint density at radius 2 is 2.29 bits per heavy atom. The molecule has 0 saturated heterocycles. The molecule has 1 amide bonds. The fraction of sp³-hybridized carbons (Fsp3) is 0.636. The molecule has 14 heavy (non-hydrogen) atoms. The molecule has 1 aliphatic carbocycles. The van der Waals surface area contributed by atoms with Crippen LogP contribution in [-0.4, -0.2) is 17.7 Å². The quantitative estimate of drug-likeness (QED) is 0.743. The molecule has 1 N–H and O–H groups in total. The van der Waals surface area contributed by atoms with E-state index in [-0.39, 0.29) is 17.7 Å². The van der Waals surface area contributed by atoms with Crippen LogP contribution in [0.5, 0.6) is 0 Å². The Hall–Kier alpha value is -1.12. The van der Waals surface area contributed by atoms with E-state index < -0.39 is 0 Å². The Balaban J connectivity index is 2.47. The van der Waals surface area contributed by atoms with Crippen molar-refractivity contribution in [2.45, 2.75) is 45.6 Å². The third-order valence-corrected chi connectivity index (χ3v) is 2.50. The van der Waals surface area contributed by atoms with Crippen molar-refractivity contribution < 1.29 is 9.59 Å². The van der Waals surface area contributed by atoms with Gasteiger partial charge in [-0.05, 0) is 24.8 Å². The molecule has 3 heteroatoms. The summed E-state index contributed by atoms with van der Waals surface area (Å²) in [7, 11) is 0. The maximum Gasteiger partial charge on any atom is 0.217 e. The predicted molar refractivity (Wildman–Crippen MR) is 54.8 cm³/mol. The zero-order valence-electron chi connectivity index (χ0n) is 8.80. The second kappa shape index (κ2) is 4.94. The van der Waals surface area contributed by atoms with Gasteiger partial charge >= 0.3 is 0 Å². The van der Waals surface area contributed by atoms with E-state index in [0.717, 1.165) is 24.8 Å². The Morgan fingerprint density at radius 3 is 2.71 bits per heavy atom. The van der Waals surface area contributed by atoms with Crippen LogP contribution >= 0.6 is 0 Å². The second-order valence-corrected chi connectivity index (χ2v) is 3.68. The van der Waals surface area contributed by atoms with Gasteiger partial charge in [0, 0.05) is 19.4 Å². The topological polar surface area (TPSA) is 46.2 Å². The highest BCUT2D eigenvalue weighted by Crippen LogP contribution is 2.19. The van der Waals surface area contributed by atoms with E-state index in [1.54, 1.807) is 0 Å². The number of ketones is 1. The fourth-order valence-electron chi connectivity index (χ4n) is 1.73. The third kappa shape index (κ3) is 2.98. The summed E-state index contributed by atoms with van der Waals surface area (Å²) in [6.07, 6.45) is 5.03. The van der Waals surface area contributed by atoms with Crippen molar-refractivity contribution in [2.75, 3.05) is 0 Å². The van der Waals surface area contributed by atoms with Crippen molar-refractivity contribution in [3.8, 4) is 0 Å². The van der Waals surface area contributed by atoms with Gasteiger partial charge in [0.2, 0.25) is 5.91 Å². The summed E-state index contributed by atoms with van der Waals surface area (Å²) in [5, 5.41) is 2.86. The van der Waals surface area contributed by atoms with Gasteiger partial charge in [0.15, 0.2) is 5.78 Å². The van der Waals surface area contributed by atoms with E-state index in [2.05, 4.69) is 5.32 Å². The van der Waals surface area contributed by atoms with Crippen LogP contribution in [0.4, 0.5) is 0 Å². The maximum atomic E-state index is 11.3. The summed E-state index contributed by atoms with van der Waals surface area (Å²) in [4.78, 5) is 22.1. The van der Waals surface area contributed by atoms with Crippen LogP contribution in [0.1, 0.15) is 39.5 Å². The molecule has 0 fully saturated rings. The SMILES string of the molecule is CCC(=O)C1=CC[C@H](NC(C)=O)CC1. The lowest BCUT2D eigenvalue weighted by atomic mass is 9.92. The number of nitrogens with one attached hydrogen (secondary N) is 1. The molecule has 0 unspecified atom stereocenters. The third-order valence-electron chi connectivity index (χ3n) is 2.50. The van der Waals surface area contributed by atoms with Gasteiger partial charge in [-0.25, -0.2) is 0 Å². The normalized spacial score (nSPS) is 21.3. The number of amides is 1. The van der Waals surface area contributed by atoms with Crippen molar-refractivity contribution in [2.24, 2.45) is 0 Å². The summed E-state index contributed by atoms with van der Waals surface area (Å²) >= 11 is 0. The number of Topliss-reactive ketones (excluding diaryl/α,β-unsaturated/α-hetero) is 1. The van der Waals surface area contributed by atoms with Gasteiger partial charge in [0.25, 0.3) is 0 Å². The van der Waals surface area contributed by atoms with Crippen LogP contribution in [-0.2, 0) is 9.59 Å². The van der Waals surface area contributed by atoms with E-state index in [4.69, 9.17) is 0 Å². The first-order valence-electron chi connectivity index (χ1n) is 5.12. The monoisotopic (exact) mass is 195 g/mol. The van der Waals surface area contributed by atoms with Crippen LogP contribution in [0.15, 0.2) is 11.6 Å². The van der Waals surface area contributed by atoms with Crippen molar-refractivity contribution in [3.05, 3.63) is 11.6 Å². The van der Waals surface area contributed by atoms with Crippen molar-refractivity contribution in [3.63, 3.8) is 0 Å². The van der Waals surface area contributed by atoms with Crippen molar-refractivity contribution in [1.29, 1.82) is 0 Å². The average molecular weight is 195 g/mol. The Morgan fingerprint density at radius 1 is 1.57 bits per heavy atom. The molecule has 3 nitrogen and oxygen atoms in total. The van der Waals surface area contributed by atoms with E-state index in [9.17, 15) is 9.59 Å². The summed E-state index contributed by atoms with van der Waals surface area (Å²) in [5.74, 6) is 0.250. The minimum atomic E-state index is 0.00803. The largest absolute Gasteiger partial charge is 0.353 e. The van der Waals surface area contributed by atoms with E-state index in [0.29, 0.717) is 6.42 Å². The molecule has 0 aromatic heterocycles. The van der Waals surface area contributed by atoms with E-state index in [1.807, 2.05) is 13.0 Å². The molecule has 1 aliphatic rings. The minimum Gasteiger partial charge on any atom is -0.353 e. The molecule has 0 spiro atoms. The van der Waals surface area contributed by atoms with Gasteiger partial charge in [0.1, 0.15) is 0 Å². The number of carbonyl (C=O) groups excluding carboxylic acids is 2. The zero-order chi connectivity index (χ0) is 10.6. The van der Waals surface area contributed by atoms with Crippen molar-refractivity contribution >= 4 is 11.7 Å². The average Bonchev–Trinajstić information content (AvgIpc) is 2.17. The van der Waals surface area contributed by atoms with Gasteiger partial charge in [-0.1, -0.05) is 13.0 Å². The number of rotatable bonds is 3. The number of hydrogen-bond acceptors (Lipinski definition) is 2. The highest BCUT2D eigenvalue weighted by atomic mass is 16.1. The molecule has 1 atom stereocenters. The Kier molecular flexibility index (Phi) is 3.86. The molecule has 1 rings (SSSR count). The molecular weight excluding hydrogens is 178 g/mol. The van der Waals surface area contributed by atoms with Gasteiger partial charge in [0.05, 0.1) is 0 Å². The molecule has 0 aromatic carbocycles. The first kappa shape index (κ1) is 11.0. The van der Waals surface area contributed by atoms with E-state index in [1.165, 1.54) is 6.92 Å². The first-order valence-corrected chi connectivity index (χ1v) is 5.12. The second-order valence-electron chi connectivity index (χ2n) is 3.68. The van der Waals surface area contributed by atoms with Crippen LogP contribution in [0.3, 0.4) is 0 Å². The summed E-state index contributed by atoms with van der Waals surface area (Å²) < 4.78 is 0. The fourth-order valence-corrected chi connectivity index (χ4v) is 1.73. The Bertz CT molecular complexity index is 268. The lowest BCUT2D eigenvalue weighted by Crippen LogP contribution is -2.34. The molecule has 0 aromatic rings. The number of allylic oxidation sites excluding steroid dienone is 1. The lowest BCUT2D eigenvalue weighted by molar-refractivity contribution is -0.119. The van der Waals surface area contributed by atoms with Crippen LogP contribution in [0.25, 0.3) is 0 Å². The summed E-state index contributed by atoms with van der Waals surface area (Å²) in [6, 6.07) is 0.223. The lowest BCUT2D eigenvalue weighted by Gasteiger charge is -2.21. The van der Waals surface area contributed by atoms with Crippen LogP contribution in [0, 0.1) is 0 Å². The van der Waals surface area contributed by atoms with Gasteiger partial charge < -0.3 is 5.32 Å². The predicted octanol–water partition coefficient (Wildman–Crippen LogP) is 1.58. The number of carbonyl (C=O) groups is 2. The molecule has 0 aliphatic heterocycles. The first-order chi connectivity index (χ1) is 6.63. The van der Waals surface area contributed by atoms with Crippen LogP contribution in [0.2, 0.25) is 0 Å². The molecule has 0 heterocycles. The molecule has 0 bridgehead atoms.